The molecule has 144 valence electrons. The van der Waals surface area contributed by atoms with E-state index in [-0.39, 0.29) is 37.7 Å². The van der Waals surface area contributed by atoms with Crippen molar-refractivity contribution in [1.29, 1.82) is 0 Å². The molecule has 1 aromatic carbocycles. The van der Waals surface area contributed by atoms with Crippen molar-refractivity contribution in [3.8, 4) is 0 Å². The molecule has 0 bridgehead atoms. The first-order chi connectivity index (χ1) is 12.3. The molecule has 1 aromatic rings. The molecule has 1 saturated heterocycles. The first-order valence-corrected chi connectivity index (χ1v) is 8.11. The zero-order valence-corrected chi connectivity index (χ0v) is 14.2. The Labute approximate surface area is 148 Å². The second-order valence-electron chi connectivity index (χ2n) is 5.66. The van der Waals surface area contributed by atoms with Gasteiger partial charge in [0.2, 0.25) is 5.91 Å². The summed E-state index contributed by atoms with van der Waals surface area (Å²) < 4.78 is 45.4. The van der Waals surface area contributed by atoms with Gasteiger partial charge < -0.3 is 26.0 Å². The Bertz CT molecular complexity index is 667. The van der Waals surface area contributed by atoms with Crippen LogP contribution in [0.5, 0.6) is 0 Å². The Balaban J connectivity index is 2.31. The lowest BCUT2D eigenvalue weighted by Crippen LogP contribution is -2.45. The number of hydrogen-bond donors (Lipinski definition) is 3. The van der Waals surface area contributed by atoms with Gasteiger partial charge in [0.25, 0.3) is 5.91 Å². The molecule has 0 aromatic heterocycles. The van der Waals surface area contributed by atoms with Gasteiger partial charge in [-0.05, 0) is 24.7 Å². The quantitative estimate of drug-likeness (QED) is 0.689. The number of morpholine rings is 1. The van der Waals surface area contributed by atoms with Gasteiger partial charge in [0.05, 0.1) is 23.9 Å². The Morgan fingerprint density at radius 2 is 2.15 bits per heavy atom. The largest absolute Gasteiger partial charge is 0.418 e. The van der Waals surface area contributed by atoms with Crippen LogP contribution in [0.4, 0.5) is 24.5 Å². The van der Waals surface area contributed by atoms with Crippen LogP contribution in [0.15, 0.2) is 18.2 Å². The van der Waals surface area contributed by atoms with E-state index >= 15 is 0 Å². The Morgan fingerprint density at radius 1 is 1.42 bits per heavy atom. The summed E-state index contributed by atoms with van der Waals surface area (Å²) in [6.45, 7) is 2.20. The zero-order valence-electron chi connectivity index (χ0n) is 14.2. The van der Waals surface area contributed by atoms with Crippen molar-refractivity contribution in [2.24, 2.45) is 5.73 Å². The minimum Gasteiger partial charge on any atom is -0.370 e. The molecule has 1 aliphatic heterocycles. The maximum absolute atomic E-state index is 13.5. The molecule has 0 aliphatic carbocycles. The van der Waals surface area contributed by atoms with Crippen LogP contribution in [-0.2, 0) is 20.5 Å². The number of hydrogen-bond acceptors (Lipinski definition) is 5. The average Bonchev–Trinajstić information content (AvgIpc) is 2.59. The van der Waals surface area contributed by atoms with Gasteiger partial charge >= 0.3 is 6.18 Å². The molecule has 1 atom stereocenters. The monoisotopic (exact) mass is 374 g/mol. The number of nitrogens with zero attached hydrogens (tertiary/aromatic N) is 1. The van der Waals surface area contributed by atoms with Crippen molar-refractivity contribution in [3.05, 3.63) is 23.8 Å². The van der Waals surface area contributed by atoms with Crippen LogP contribution >= 0.6 is 0 Å². The SMILES string of the molecule is CCN[C@H](CN)C(=O)Nc1ccc(N2CCOCC2=O)c(C(F)(F)F)c1. The van der Waals surface area contributed by atoms with Crippen LogP contribution in [0.2, 0.25) is 0 Å². The smallest absolute Gasteiger partial charge is 0.370 e. The third-order valence-electron chi connectivity index (χ3n) is 3.85. The molecule has 0 unspecified atom stereocenters. The predicted molar refractivity (Wildman–Crippen MR) is 89.8 cm³/mol. The molecule has 0 spiro atoms. The maximum atomic E-state index is 13.5. The summed E-state index contributed by atoms with van der Waals surface area (Å²) in [7, 11) is 0. The molecule has 10 heteroatoms. The lowest BCUT2D eigenvalue weighted by atomic mass is 10.1. The summed E-state index contributed by atoms with van der Waals surface area (Å²) in [4.78, 5) is 25.0. The van der Waals surface area contributed by atoms with E-state index in [0.29, 0.717) is 6.54 Å². The molecule has 4 N–H and O–H groups in total. The Kier molecular flexibility index (Phi) is 6.57. The first kappa shape index (κ1) is 20.1. The maximum Gasteiger partial charge on any atom is 0.418 e. The third kappa shape index (κ3) is 4.71. The van der Waals surface area contributed by atoms with Crippen molar-refractivity contribution in [2.45, 2.75) is 19.1 Å². The molecule has 0 radical (unpaired) electrons. The highest BCUT2D eigenvalue weighted by atomic mass is 19.4. The van der Waals surface area contributed by atoms with E-state index < -0.39 is 29.6 Å². The van der Waals surface area contributed by atoms with Gasteiger partial charge in [-0.15, -0.1) is 0 Å². The zero-order chi connectivity index (χ0) is 19.3. The topological polar surface area (TPSA) is 96.7 Å². The van der Waals surface area contributed by atoms with E-state index in [0.717, 1.165) is 11.0 Å². The summed E-state index contributed by atoms with van der Waals surface area (Å²) >= 11 is 0. The van der Waals surface area contributed by atoms with E-state index in [1.807, 2.05) is 0 Å². The van der Waals surface area contributed by atoms with Gasteiger partial charge in [-0.2, -0.15) is 13.2 Å². The summed E-state index contributed by atoms with van der Waals surface area (Å²) in [6, 6.07) is 2.60. The number of ether oxygens (including phenoxy) is 1. The average molecular weight is 374 g/mol. The second kappa shape index (κ2) is 8.47. The molecule has 2 rings (SSSR count). The fourth-order valence-electron chi connectivity index (χ4n) is 2.61. The number of amides is 2. The van der Waals surface area contributed by atoms with Crippen LogP contribution in [0.25, 0.3) is 0 Å². The van der Waals surface area contributed by atoms with Gasteiger partial charge in [0.1, 0.15) is 6.61 Å². The molecule has 1 fully saturated rings. The third-order valence-corrected chi connectivity index (χ3v) is 3.85. The van der Waals surface area contributed by atoms with Crippen LogP contribution in [0.1, 0.15) is 12.5 Å². The molecule has 1 aliphatic rings. The number of likely N-dealkylation sites (N-methyl/N-ethyl adjacent to an activating group) is 1. The highest BCUT2D eigenvalue weighted by Crippen LogP contribution is 2.38. The fraction of sp³-hybridized carbons (Fsp3) is 0.500. The van der Waals surface area contributed by atoms with E-state index in [4.69, 9.17) is 10.5 Å². The van der Waals surface area contributed by atoms with Crippen LogP contribution in [-0.4, -0.2) is 50.7 Å². The number of carbonyl (C=O) groups is 2. The van der Waals surface area contributed by atoms with Crippen molar-refractivity contribution in [1.82, 2.24) is 5.32 Å². The lowest BCUT2D eigenvalue weighted by Gasteiger charge is -2.29. The summed E-state index contributed by atoms with van der Waals surface area (Å²) in [5.74, 6) is -1.08. The highest BCUT2D eigenvalue weighted by Gasteiger charge is 2.37. The number of rotatable bonds is 6. The van der Waals surface area contributed by atoms with Crippen LogP contribution in [0, 0.1) is 0 Å². The number of halogens is 3. The second-order valence-corrected chi connectivity index (χ2v) is 5.66. The number of nitrogens with one attached hydrogen (secondary N) is 2. The highest BCUT2D eigenvalue weighted by molar-refractivity contribution is 5.98. The lowest BCUT2D eigenvalue weighted by molar-refractivity contribution is -0.137. The Morgan fingerprint density at radius 3 is 2.73 bits per heavy atom. The van der Waals surface area contributed by atoms with Crippen molar-refractivity contribution < 1.29 is 27.5 Å². The Hall–Kier alpha value is -2.17. The molecular formula is C16H21F3N4O3. The number of nitrogens with two attached hydrogens (primary N) is 1. The van der Waals surface area contributed by atoms with E-state index in [1.165, 1.54) is 12.1 Å². The van der Waals surface area contributed by atoms with Crippen molar-refractivity contribution >= 4 is 23.2 Å². The van der Waals surface area contributed by atoms with Crippen LogP contribution in [0.3, 0.4) is 0 Å². The van der Waals surface area contributed by atoms with Crippen LogP contribution < -0.4 is 21.3 Å². The summed E-state index contributed by atoms with van der Waals surface area (Å²) in [6.07, 6.45) is -4.69. The van der Waals surface area contributed by atoms with Gasteiger partial charge in [0.15, 0.2) is 0 Å². The molecule has 7 nitrogen and oxygen atoms in total. The van der Waals surface area contributed by atoms with E-state index in [9.17, 15) is 22.8 Å². The molecular weight excluding hydrogens is 353 g/mol. The van der Waals surface area contributed by atoms with Gasteiger partial charge in [-0.3, -0.25) is 9.59 Å². The van der Waals surface area contributed by atoms with E-state index in [2.05, 4.69) is 10.6 Å². The summed E-state index contributed by atoms with van der Waals surface area (Å²) in [5.41, 5.74) is 4.21. The normalized spacial score (nSPS) is 16.5. The van der Waals surface area contributed by atoms with E-state index in [1.54, 1.807) is 6.92 Å². The summed E-state index contributed by atoms with van der Waals surface area (Å²) in [5, 5.41) is 5.26. The van der Waals surface area contributed by atoms with Crippen molar-refractivity contribution in [3.63, 3.8) is 0 Å². The number of alkyl halides is 3. The first-order valence-electron chi connectivity index (χ1n) is 8.11. The molecule has 0 saturated carbocycles. The van der Waals surface area contributed by atoms with Gasteiger partial charge in [-0.1, -0.05) is 6.92 Å². The minimum atomic E-state index is -4.69. The number of anilines is 2. The molecule has 26 heavy (non-hydrogen) atoms. The standard InChI is InChI=1S/C16H21F3N4O3/c1-2-21-12(8-20)15(25)22-10-3-4-13(11(7-10)16(17,18)19)23-5-6-26-9-14(23)24/h3-4,7,12,21H,2,5-6,8-9,20H2,1H3,(H,22,25)/t12-/m1/s1. The predicted octanol–water partition coefficient (Wildman–Crippen LogP) is 0.944. The van der Waals surface area contributed by atoms with Gasteiger partial charge in [-0.25, -0.2) is 0 Å². The van der Waals surface area contributed by atoms with Gasteiger partial charge in [0, 0.05) is 18.8 Å². The molecule has 1 heterocycles. The molecule has 2 amide bonds. The number of carbonyl (C=O) groups excluding carboxylic acids is 2. The fourth-order valence-corrected chi connectivity index (χ4v) is 2.61. The minimum absolute atomic E-state index is 0.00612. The number of benzene rings is 1. The van der Waals surface area contributed by atoms with Crippen molar-refractivity contribution in [2.75, 3.05) is 43.1 Å².